The fourth-order valence-corrected chi connectivity index (χ4v) is 1.80. The first-order valence-electron chi connectivity index (χ1n) is 6.57. The van der Waals surface area contributed by atoms with Gasteiger partial charge in [0.1, 0.15) is 0 Å². The normalized spacial score (nSPS) is 9.64. The van der Waals surface area contributed by atoms with Crippen molar-refractivity contribution in [3.63, 3.8) is 0 Å². The summed E-state index contributed by atoms with van der Waals surface area (Å²) < 4.78 is 0. The Bertz CT molecular complexity index is 669. The number of para-hydroxylation sites is 1. The van der Waals surface area contributed by atoms with Gasteiger partial charge in [-0.15, -0.1) is 29.8 Å². The Balaban J connectivity index is 0.000000344. The van der Waals surface area contributed by atoms with E-state index in [9.17, 15) is 10.1 Å². The first-order chi connectivity index (χ1) is 10.3. The van der Waals surface area contributed by atoms with Crippen molar-refractivity contribution < 1.29 is 22.0 Å². The molecule has 0 aliphatic heterocycles. The number of hydrogen-bond donors (Lipinski definition) is 0. The van der Waals surface area contributed by atoms with Crippen LogP contribution in [-0.4, -0.2) is 4.92 Å². The molecule has 4 heteroatoms. The Morgan fingerprint density at radius 2 is 1.64 bits per heavy atom. The summed E-state index contributed by atoms with van der Waals surface area (Å²) in [6, 6.07) is 24.5. The van der Waals surface area contributed by atoms with Crippen LogP contribution in [0.4, 0.5) is 5.69 Å². The van der Waals surface area contributed by atoms with Crippen molar-refractivity contribution in [2.24, 2.45) is 0 Å². The minimum Gasteiger partial charge on any atom is -0.258 e. The van der Waals surface area contributed by atoms with E-state index in [4.69, 9.17) is 0 Å². The van der Waals surface area contributed by atoms with Crippen LogP contribution in [0, 0.1) is 10.1 Å². The summed E-state index contributed by atoms with van der Waals surface area (Å²) in [5, 5.41) is 10.8. The molecule has 0 heterocycles. The summed E-state index contributed by atoms with van der Waals surface area (Å²) >= 11 is 0. The van der Waals surface area contributed by atoms with Gasteiger partial charge >= 0.3 is 17.1 Å². The molecule has 0 saturated heterocycles. The zero-order valence-corrected chi connectivity index (χ0v) is 12.9. The summed E-state index contributed by atoms with van der Waals surface area (Å²) in [5.74, 6) is 0. The average molecular weight is 333 g/mol. The zero-order chi connectivity index (χ0) is 14.9. The Morgan fingerprint density at radius 1 is 1.00 bits per heavy atom. The van der Waals surface area contributed by atoms with E-state index in [2.05, 4.69) is 0 Å². The molecule has 0 aliphatic rings. The second-order valence-corrected chi connectivity index (χ2v) is 4.33. The maximum absolute atomic E-state index is 10.8. The van der Waals surface area contributed by atoms with Crippen molar-refractivity contribution in [3.8, 4) is 0 Å². The van der Waals surface area contributed by atoms with Gasteiger partial charge in [-0.2, -0.15) is 30.3 Å². The number of nitro benzene ring substituents is 1. The number of nitrogens with zero attached hydrogens (tertiary/aromatic N) is 1. The summed E-state index contributed by atoms with van der Waals surface area (Å²) in [7, 11) is 0. The van der Waals surface area contributed by atoms with Gasteiger partial charge in [-0.1, -0.05) is 18.2 Å². The molecule has 0 radical (unpaired) electrons. The van der Waals surface area contributed by atoms with Crippen LogP contribution in [0.1, 0.15) is 11.1 Å². The van der Waals surface area contributed by atoms with Crippen LogP contribution < -0.4 is 0 Å². The van der Waals surface area contributed by atoms with E-state index in [1.165, 1.54) is 6.07 Å². The molecule has 0 saturated carbocycles. The monoisotopic (exact) mass is 333 g/mol. The fourth-order valence-electron chi connectivity index (χ4n) is 1.80. The largest absolute Gasteiger partial charge is 2.00 e. The Hall–Kier alpha value is -2.42. The first kappa shape index (κ1) is 17.6. The summed E-state index contributed by atoms with van der Waals surface area (Å²) in [6.07, 6.45) is 3.62. The summed E-state index contributed by atoms with van der Waals surface area (Å²) in [6.45, 7) is 0. The van der Waals surface area contributed by atoms with Crippen molar-refractivity contribution in [2.45, 2.75) is 0 Å². The van der Waals surface area contributed by atoms with Crippen molar-refractivity contribution in [1.29, 1.82) is 0 Å². The van der Waals surface area contributed by atoms with Gasteiger partial charge in [0.25, 0.3) is 5.69 Å². The van der Waals surface area contributed by atoms with Gasteiger partial charge < -0.3 is 0 Å². The number of benzene rings is 1. The molecular weight excluding hydrogens is 318 g/mol. The molecule has 112 valence electrons. The van der Waals surface area contributed by atoms with Crippen LogP contribution in [0.3, 0.4) is 0 Å². The van der Waals surface area contributed by atoms with E-state index in [1.807, 2.05) is 60.7 Å². The van der Waals surface area contributed by atoms with Gasteiger partial charge in [-0.25, -0.2) is 12.1 Å². The molecule has 3 nitrogen and oxygen atoms in total. The molecule has 22 heavy (non-hydrogen) atoms. The van der Waals surface area contributed by atoms with E-state index in [1.54, 1.807) is 24.3 Å². The number of hydrogen-bond acceptors (Lipinski definition) is 2. The third-order valence-electron chi connectivity index (χ3n) is 2.83. The van der Waals surface area contributed by atoms with Crippen molar-refractivity contribution in [1.82, 2.24) is 0 Å². The smallest absolute Gasteiger partial charge is 0.258 e. The van der Waals surface area contributed by atoms with Gasteiger partial charge in [-0.3, -0.25) is 10.1 Å². The molecule has 0 aromatic heterocycles. The van der Waals surface area contributed by atoms with E-state index < -0.39 is 0 Å². The van der Waals surface area contributed by atoms with Crippen molar-refractivity contribution in [2.75, 3.05) is 0 Å². The van der Waals surface area contributed by atoms with Gasteiger partial charge in [0.05, 0.1) is 4.92 Å². The minimum atomic E-state index is -0.370. The van der Waals surface area contributed by atoms with Crippen LogP contribution in [-0.2, 0) is 17.1 Å². The molecule has 0 aliphatic carbocycles. The van der Waals surface area contributed by atoms with Crippen LogP contribution in [0.5, 0.6) is 0 Å². The third-order valence-corrected chi connectivity index (χ3v) is 2.83. The molecule has 0 spiro atoms. The fraction of sp³-hybridized carbons (Fsp3) is 0. The second-order valence-electron chi connectivity index (χ2n) is 4.33. The average Bonchev–Trinajstić information content (AvgIpc) is 3.21. The van der Waals surface area contributed by atoms with Crippen molar-refractivity contribution in [3.05, 3.63) is 100 Å². The van der Waals surface area contributed by atoms with Crippen LogP contribution in [0.2, 0.25) is 0 Å². The Kier molecular flexibility index (Phi) is 7.62. The van der Waals surface area contributed by atoms with Crippen LogP contribution in [0.15, 0.2) is 78.9 Å². The molecule has 0 unspecified atom stereocenters. The molecular formula is C18H15FeNO2. The van der Waals surface area contributed by atoms with E-state index in [-0.39, 0.29) is 27.7 Å². The molecule has 0 bridgehead atoms. The SMILES string of the molecule is O=[N+]([O-])c1ccccc1C=C[c-]1cccc1.[Fe+2].c1cc[cH-]c1. The molecule has 0 amide bonds. The van der Waals surface area contributed by atoms with E-state index in [0.717, 1.165) is 5.56 Å². The first-order valence-corrected chi connectivity index (χ1v) is 6.57. The maximum Gasteiger partial charge on any atom is 2.00 e. The second kappa shape index (κ2) is 9.50. The maximum atomic E-state index is 10.8. The van der Waals surface area contributed by atoms with Crippen LogP contribution in [0.25, 0.3) is 12.2 Å². The topological polar surface area (TPSA) is 43.1 Å². The third kappa shape index (κ3) is 5.52. The summed E-state index contributed by atoms with van der Waals surface area (Å²) in [5.41, 5.74) is 1.79. The predicted octanol–water partition coefficient (Wildman–Crippen LogP) is 4.89. The molecule has 3 aromatic rings. The minimum absolute atomic E-state index is 0. The molecule has 0 atom stereocenters. The molecule has 0 fully saturated rings. The quantitative estimate of drug-likeness (QED) is 0.296. The Labute approximate surface area is 140 Å². The number of rotatable bonds is 3. The molecule has 3 rings (SSSR count). The predicted molar refractivity (Wildman–Crippen MR) is 86.1 cm³/mol. The van der Waals surface area contributed by atoms with Gasteiger partial charge in [0.15, 0.2) is 0 Å². The van der Waals surface area contributed by atoms with Crippen molar-refractivity contribution >= 4 is 17.8 Å². The van der Waals surface area contributed by atoms with E-state index >= 15 is 0 Å². The van der Waals surface area contributed by atoms with Gasteiger partial charge in [0.2, 0.25) is 0 Å². The standard InChI is InChI=1S/C13H10NO2.C5H5.Fe/c15-14(16)13-8-4-3-7-12(13)10-9-11-5-1-2-6-11;1-2-4-5-3-1;/h1-10H;1-5H;/q2*-1;+2. The van der Waals surface area contributed by atoms with Gasteiger partial charge in [0, 0.05) is 11.6 Å². The van der Waals surface area contributed by atoms with Gasteiger partial charge in [-0.05, 0) is 0 Å². The zero-order valence-electron chi connectivity index (χ0n) is 11.8. The van der Waals surface area contributed by atoms with E-state index in [0.29, 0.717) is 5.56 Å². The number of nitro groups is 1. The molecule has 0 N–H and O–H groups in total. The summed E-state index contributed by atoms with van der Waals surface area (Å²) in [4.78, 5) is 10.4. The van der Waals surface area contributed by atoms with Crippen LogP contribution >= 0.6 is 0 Å². The molecule has 3 aromatic carbocycles. The Morgan fingerprint density at radius 3 is 2.18 bits per heavy atom.